The van der Waals surface area contributed by atoms with Gasteiger partial charge in [0.15, 0.2) is 0 Å². The lowest BCUT2D eigenvalue weighted by atomic mass is 9.94. The number of carbonyl (C=O) groups excluding carboxylic acids is 1. The normalized spacial score (nSPS) is 28.8. The highest BCUT2D eigenvalue weighted by Crippen LogP contribution is 2.42. The van der Waals surface area contributed by atoms with Gasteiger partial charge in [-0.3, -0.25) is 4.90 Å². The van der Waals surface area contributed by atoms with Crippen molar-refractivity contribution < 1.29 is 14.3 Å². The Hall–Kier alpha value is -1.29. The molecule has 0 N–H and O–H groups in total. The molecule has 2 aliphatic rings. The van der Waals surface area contributed by atoms with E-state index in [1.807, 2.05) is 25.7 Å². The number of fused-ring (bicyclic) bond motifs is 2. The van der Waals surface area contributed by atoms with Crippen LogP contribution in [0.1, 0.15) is 33.6 Å². The van der Waals surface area contributed by atoms with Crippen molar-refractivity contribution in [3.63, 3.8) is 0 Å². The van der Waals surface area contributed by atoms with Crippen molar-refractivity contribution in [2.24, 2.45) is 0 Å². The lowest BCUT2D eigenvalue weighted by Gasteiger charge is -2.35. The van der Waals surface area contributed by atoms with Crippen LogP contribution in [0.4, 0.5) is 4.79 Å². The predicted molar refractivity (Wildman–Crippen MR) is 74.0 cm³/mol. The van der Waals surface area contributed by atoms with Crippen LogP contribution in [0.2, 0.25) is 0 Å². The standard InChI is InChI=1S/C15H23NO3/c1-5-10-18-11-15-8-6-12(7-9-15)16(15)13(17)19-14(2,3)4/h5-6,8,12H,1,7,9-11H2,2-4H3/t12-,15+/m0/s1. The van der Waals surface area contributed by atoms with E-state index in [9.17, 15) is 4.79 Å². The lowest BCUT2D eigenvalue weighted by molar-refractivity contribution is -0.00334. The molecule has 0 spiro atoms. The predicted octanol–water partition coefficient (Wildman–Crippen LogP) is 2.90. The van der Waals surface area contributed by atoms with Gasteiger partial charge in [0, 0.05) is 0 Å². The first kappa shape index (κ1) is 14.1. The summed E-state index contributed by atoms with van der Waals surface area (Å²) >= 11 is 0. The van der Waals surface area contributed by atoms with Gasteiger partial charge in [-0.1, -0.05) is 18.2 Å². The van der Waals surface area contributed by atoms with Gasteiger partial charge in [-0.25, -0.2) is 4.79 Å². The average Bonchev–Trinajstić information content (AvgIpc) is 2.82. The molecule has 0 aliphatic carbocycles. The van der Waals surface area contributed by atoms with Gasteiger partial charge in [-0.05, 0) is 33.6 Å². The highest BCUT2D eigenvalue weighted by molar-refractivity contribution is 5.72. The van der Waals surface area contributed by atoms with Gasteiger partial charge in [0.1, 0.15) is 5.60 Å². The largest absolute Gasteiger partial charge is 0.444 e. The summed E-state index contributed by atoms with van der Waals surface area (Å²) in [4.78, 5) is 14.2. The third-order valence-electron chi connectivity index (χ3n) is 3.49. The molecule has 1 saturated heterocycles. The summed E-state index contributed by atoms with van der Waals surface area (Å²) in [6.07, 6.45) is 7.57. The monoisotopic (exact) mass is 265 g/mol. The fourth-order valence-corrected chi connectivity index (χ4v) is 2.75. The Bertz CT molecular complexity index is 397. The number of hydrogen-bond acceptors (Lipinski definition) is 3. The molecule has 0 aromatic heterocycles. The quantitative estimate of drug-likeness (QED) is 0.579. The van der Waals surface area contributed by atoms with Gasteiger partial charge in [0.2, 0.25) is 0 Å². The number of hydrogen-bond donors (Lipinski definition) is 0. The third-order valence-corrected chi connectivity index (χ3v) is 3.49. The Labute approximate surface area is 115 Å². The highest BCUT2D eigenvalue weighted by atomic mass is 16.6. The Morgan fingerprint density at radius 2 is 2.32 bits per heavy atom. The van der Waals surface area contributed by atoms with Crippen LogP contribution in [-0.4, -0.2) is 41.4 Å². The average molecular weight is 265 g/mol. The molecule has 2 bridgehead atoms. The van der Waals surface area contributed by atoms with Gasteiger partial charge in [0.25, 0.3) is 0 Å². The fourth-order valence-electron chi connectivity index (χ4n) is 2.75. The van der Waals surface area contributed by atoms with Gasteiger partial charge >= 0.3 is 6.09 Å². The van der Waals surface area contributed by atoms with Crippen LogP contribution >= 0.6 is 0 Å². The van der Waals surface area contributed by atoms with Crippen molar-refractivity contribution in [2.45, 2.75) is 50.8 Å². The Kier molecular flexibility index (Phi) is 3.72. The van der Waals surface area contributed by atoms with Crippen molar-refractivity contribution >= 4 is 6.09 Å². The smallest absolute Gasteiger partial charge is 0.411 e. The van der Waals surface area contributed by atoms with Crippen molar-refractivity contribution in [3.05, 3.63) is 24.8 Å². The minimum Gasteiger partial charge on any atom is -0.444 e. The molecule has 2 aliphatic heterocycles. The number of rotatable bonds is 4. The summed E-state index contributed by atoms with van der Waals surface area (Å²) in [7, 11) is 0. The van der Waals surface area contributed by atoms with Crippen molar-refractivity contribution in [2.75, 3.05) is 13.2 Å². The SMILES string of the molecule is C=CCOC[C@@]12C=C[C@@H](CC1)N2C(=O)OC(C)(C)C. The van der Waals surface area contributed by atoms with Crippen LogP contribution in [0.5, 0.6) is 0 Å². The molecule has 0 radical (unpaired) electrons. The number of amides is 1. The first-order chi connectivity index (χ1) is 8.88. The molecule has 1 amide bonds. The summed E-state index contributed by atoms with van der Waals surface area (Å²) in [6.45, 7) is 10.3. The van der Waals surface area contributed by atoms with E-state index in [0.717, 1.165) is 12.8 Å². The first-order valence-electron chi connectivity index (χ1n) is 6.78. The van der Waals surface area contributed by atoms with E-state index in [0.29, 0.717) is 13.2 Å². The molecule has 2 heterocycles. The molecule has 2 atom stereocenters. The van der Waals surface area contributed by atoms with Gasteiger partial charge < -0.3 is 9.47 Å². The number of carbonyl (C=O) groups is 1. The number of nitrogens with zero attached hydrogens (tertiary/aromatic N) is 1. The fraction of sp³-hybridized carbons (Fsp3) is 0.667. The summed E-state index contributed by atoms with van der Waals surface area (Å²) < 4.78 is 11.1. The van der Waals surface area contributed by atoms with Crippen molar-refractivity contribution in [3.8, 4) is 0 Å². The molecule has 0 aromatic carbocycles. The van der Waals surface area contributed by atoms with Crippen LogP contribution in [0.15, 0.2) is 24.8 Å². The third kappa shape index (κ3) is 2.84. The molecule has 19 heavy (non-hydrogen) atoms. The van der Waals surface area contributed by atoms with E-state index in [-0.39, 0.29) is 17.7 Å². The van der Waals surface area contributed by atoms with Gasteiger partial charge in [0.05, 0.1) is 24.8 Å². The maximum atomic E-state index is 12.3. The van der Waals surface area contributed by atoms with E-state index in [2.05, 4.69) is 18.7 Å². The van der Waals surface area contributed by atoms with Crippen LogP contribution < -0.4 is 0 Å². The van der Waals surface area contributed by atoms with Gasteiger partial charge in [-0.2, -0.15) is 0 Å². The zero-order chi connectivity index (χ0) is 14.1. The molecule has 106 valence electrons. The second-order valence-corrected chi connectivity index (χ2v) is 6.22. The molecular formula is C15H23NO3. The molecule has 4 heteroatoms. The van der Waals surface area contributed by atoms with E-state index in [1.54, 1.807) is 6.08 Å². The zero-order valence-electron chi connectivity index (χ0n) is 12.0. The van der Waals surface area contributed by atoms with Crippen LogP contribution in [0.3, 0.4) is 0 Å². The molecule has 4 nitrogen and oxygen atoms in total. The maximum absolute atomic E-state index is 12.3. The molecule has 0 saturated carbocycles. The Balaban J connectivity index is 2.07. The minimum absolute atomic E-state index is 0.155. The van der Waals surface area contributed by atoms with E-state index < -0.39 is 5.60 Å². The van der Waals surface area contributed by atoms with E-state index >= 15 is 0 Å². The lowest BCUT2D eigenvalue weighted by Crippen LogP contribution is -2.50. The molecule has 1 fully saturated rings. The zero-order valence-corrected chi connectivity index (χ0v) is 12.0. The van der Waals surface area contributed by atoms with Crippen molar-refractivity contribution in [1.82, 2.24) is 4.90 Å². The van der Waals surface area contributed by atoms with E-state index in [4.69, 9.17) is 9.47 Å². The van der Waals surface area contributed by atoms with Gasteiger partial charge in [-0.15, -0.1) is 6.58 Å². The van der Waals surface area contributed by atoms with Crippen LogP contribution in [-0.2, 0) is 9.47 Å². The summed E-state index contributed by atoms with van der Waals surface area (Å²) in [5.41, 5.74) is -0.793. The summed E-state index contributed by atoms with van der Waals surface area (Å²) in [5.74, 6) is 0. The first-order valence-corrected chi connectivity index (χ1v) is 6.78. The van der Waals surface area contributed by atoms with Crippen LogP contribution in [0, 0.1) is 0 Å². The number of ether oxygens (including phenoxy) is 2. The molecule has 0 aromatic rings. The summed E-state index contributed by atoms with van der Waals surface area (Å²) in [6, 6.07) is 0.155. The topological polar surface area (TPSA) is 38.8 Å². The van der Waals surface area contributed by atoms with Crippen LogP contribution in [0.25, 0.3) is 0 Å². The van der Waals surface area contributed by atoms with Crippen molar-refractivity contribution in [1.29, 1.82) is 0 Å². The molecule has 2 rings (SSSR count). The minimum atomic E-state index is -0.470. The maximum Gasteiger partial charge on any atom is 0.411 e. The van der Waals surface area contributed by atoms with E-state index in [1.165, 1.54) is 0 Å². The summed E-state index contributed by atoms with van der Waals surface area (Å²) in [5, 5.41) is 0. The second kappa shape index (κ2) is 5.00. The highest BCUT2D eigenvalue weighted by Gasteiger charge is 2.51. The molecular weight excluding hydrogens is 242 g/mol. The Morgan fingerprint density at radius 3 is 2.84 bits per heavy atom. The second-order valence-electron chi connectivity index (χ2n) is 6.22. The molecule has 0 unspecified atom stereocenters. The Morgan fingerprint density at radius 1 is 1.58 bits per heavy atom.